The van der Waals surface area contributed by atoms with Crippen molar-refractivity contribution >= 4 is 10.2 Å². The van der Waals surface area contributed by atoms with Crippen molar-refractivity contribution in [3.05, 3.63) is 48.6 Å². The summed E-state index contributed by atoms with van der Waals surface area (Å²) < 4.78 is 0. The second-order valence-corrected chi connectivity index (χ2v) is 3.45. The number of benzene rings is 1. The molecular formula is C10H12Si. The zero-order valence-electron chi connectivity index (χ0n) is 6.53. The topological polar surface area (TPSA) is 0 Å². The van der Waals surface area contributed by atoms with E-state index >= 15 is 0 Å². The average molecular weight is 160 g/mol. The first-order valence-electron chi connectivity index (χ1n) is 3.75. The van der Waals surface area contributed by atoms with Crippen LogP contribution in [0, 0.1) is 0 Å². The fourth-order valence-corrected chi connectivity index (χ4v) is 1.24. The minimum absolute atomic E-state index is 0.498. The molecule has 0 aliphatic carbocycles. The smallest absolute Gasteiger partial charge is 0.0244 e. The van der Waals surface area contributed by atoms with Crippen molar-refractivity contribution in [3.63, 3.8) is 0 Å². The Balaban J connectivity index is 2.57. The van der Waals surface area contributed by atoms with E-state index in [4.69, 9.17) is 0 Å². The van der Waals surface area contributed by atoms with Gasteiger partial charge in [-0.3, -0.25) is 0 Å². The Morgan fingerprint density at radius 2 is 2.00 bits per heavy atom. The average Bonchev–Trinajstić information content (AvgIpc) is 2.06. The molecule has 1 aromatic rings. The van der Waals surface area contributed by atoms with Gasteiger partial charge < -0.3 is 0 Å². The molecule has 0 aromatic heterocycles. The van der Waals surface area contributed by atoms with Crippen molar-refractivity contribution in [3.8, 4) is 0 Å². The summed E-state index contributed by atoms with van der Waals surface area (Å²) in [5, 5.41) is 0. The van der Waals surface area contributed by atoms with Crippen molar-refractivity contribution in [1.29, 1.82) is 0 Å². The van der Waals surface area contributed by atoms with Crippen LogP contribution in [-0.4, -0.2) is 10.2 Å². The molecule has 56 valence electrons. The first-order chi connectivity index (χ1) is 5.33. The standard InChI is InChI=1S/C10H12Si/c1-2-10(11)8-9-6-4-3-5-7-9/h2-7,10-11H,1,8H2. The molecule has 0 bridgehead atoms. The van der Waals surface area contributed by atoms with Crippen molar-refractivity contribution in [1.82, 2.24) is 0 Å². The zero-order valence-corrected chi connectivity index (χ0v) is 7.69. The molecule has 1 atom stereocenters. The molecule has 2 radical (unpaired) electrons. The molecule has 1 rings (SSSR count). The molecule has 1 unspecified atom stereocenters. The lowest BCUT2D eigenvalue weighted by Crippen LogP contribution is -1.92. The van der Waals surface area contributed by atoms with Gasteiger partial charge in [-0.25, -0.2) is 0 Å². The Kier molecular flexibility index (Phi) is 3.11. The maximum absolute atomic E-state index is 3.74. The van der Waals surface area contributed by atoms with Crippen molar-refractivity contribution in [2.75, 3.05) is 0 Å². The highest BCUT2D eigenvalue weighted by molar-refractivity contribution is 6.13. The molecule has 1 heteroatoms. The molecule has 0 fully saturated rings. The summed E-state index contributed by atoms with van der Waals surface area (Å²) >= 11 is 0. The third-order valence-corrected chi connectivity index (χ3v) is 2.12. The number of rotatable bonds is 3. The molecule has 0 saturated carbocycles. The van der Waals surface area contributed by atoms with Gasteiger partial charge in [-0.15, -0.1) is 6.58 Å². The molecule has 0 spiro atoms. The lowest BCUT2D eigenvalue weighted by molar-refractivity contribution is 0.997. The molecule has 1 aromatic carbocycles. The molecule has 0 saturated heterocycles. The maximum atomic E-state index is 3.74. The van der Waals surface area contributed by atoms with E-state index in [1.165, 1.54) is 5.56 Å². The quantitative estimate of drug-likeness (QED) is 0.469. The van der Waals surface area contributed by atoms with E-state index < -0.39 is 0 Å². The van der Waals surface area contributed by atoms with Crippen molar-refractivity contribution in [2.24, 2.45) is 0 Å². The van der Waals surface area contributed by atoms with Gasteiger partial charge in [0.05, 0.1) is 0 Å². The van der Waals surface area contributed by atoms with Crippen molar-refractivity contribution in [2.45, 2.75) is 12.0 Å². The van der Waals surface area contributed by atoms with Gasteiger partial charge in [0, 0.05) is 10.2 Å². The fraction of sp³-hybridized carbons (Fsp3) is 0.200. The van der Waals surface area contributed by atoms with E-state index in [1.54, 1.807) is 0 Å². The first kappa shape index (κ1) is 8.28. The van der Waals surface area contributed by atoms with Crippen LogP contribution in [0.4, 0.5) is 0 Å². The van der Waals surface area contributed by atoms with Crippen LogP contribution < -0.4 is 0 Å². The highest BCUT2D eigenvalue weighted by Crippen LogP contribution is 2.10. The number of allylic oxidation sites excluding steroid dienone is 1. The predicted octanol–water partition coefficient (Wildman–Crippen LogP) is 2.10. The van der Waals surface area contributed by atoms with Crippen LogP contribution in [0.3, 0.4) is 0 Å². The van der Waals surface area contributed by atoms with E-state index in [0.29, 0.717) is 5.54 Å². The monoisotopic (exact) mass is 160 g/mol. The maximum Gasteiger partial charge on any atom is 0.0244 e. The summed E-state index contributed by atoms with van der Waals surface area (Å²) in [7, 11) is 2.76. The minimum Gasteiger partial charge on any atom is -0.103 e. The van der Waals surface area contributed by atoms with Crippen LogP contribution in [0.15, 0.2) is 43.0 Å². The largest absolute Gasteiger partial charge is 0.103 e. The molecule has 0 N–H and O–H groups in total. The van der Waals surface area contributed by atoms with Crippen LogP contribution in [0.25, 0.3) is 0 Å². The summed E-state index contributed by atoms with van der Waals surface area (Å²) in [5.74, 6) is 0. The number of hydrogen-bond acceptors (Lipinski definition) is 0. The van der Waals surface area contributed by atoms with Gasteiger partial charge in [0.1, 0.15) is 0 Å². The third kappa shape index (κ3) is 2.72. The molecule has 0 amide bonds. The minimum atomic E-state index is 0.498. The lowest BCUT2D eigenvalue weighted by atomic mass is 10.1. The van der Waals surface area contributed by atoms with Crippen LogP contribution in [0.1, 0.15) is 5.56 Å². The van der Waals surface area contributed by atoms with E-state index in [0.717, 1.165) is 6.42 Å². The Morgan fingerprint density at radius 3 is 2.55 bits per heavy atom. The lowest BCUT2D eigenvalue weighted by Gasteiger charge is -2.03. The van der Waals surface area contributed by atoms with Crippen LogP contribution in [-0.2, 0) is 6.42 Å². The van der Waals surface area contributed by atoms with Crippen molar-refractivity contribution < 1.29 is 0 Å². The van der Waals surface area contributed by atoms with Gasteiger partial charge in [0.15, 0.2) is 0 Å². The van der Waals surface area contributed by atoms with E-state index in [9.17, 15) is 0 Å². The van der Waals surface area contributed by atoms with Gasteiger partial charge in [-0.1, -0.05) is 36.4 Å². The molecule has 11 heavy (non-hydrogen) atoms. The van der Waals surface area contributed by atoms with Gasteiger partial charge in [0.25, 0.3) is 0 Å². The first-order valence-corrected chi connectivity index (χ1v) is 4.41. The highest BCUT2D eigenvalue weighted by Gasteiger charge is 1.96. The Labute approximate surface area is 71.4 Å². The fourth-order valence-electron chi connectivity index (χ4n) is 0.970. The zero-order chi connectivity index (χ0) is 8.10. The van der Waals surface area contributed by atoms with Crippen LogP contribution in [0.2, 0.25) is 5.54 Å². The second-order valence-electron chi connectivity index (χ2n) is 2.59. The Bertz CT molecular complexity index is 216. The van der Waals surface area contributed by atoms with E-state index in [1.807, 2.05) is 12.1 Å². The summed E-state index contributed by atoms with van der Waals surface area (Å²) in [5.41, 5.74) is 1.87. The summed E-state index contributed by atoms with van der Waals surface area (Å²) in [6.07, 6.45) is 3.02. The van der Waals surface area contributed by atoms with Crippen LogP contribution >= 0.6 is 0 Å². The molecule has 0 aliphatic rings. The van der Waals surface area contributed by atoms with E-state index in [-0.39, 0.29) is 0 Å². The van der Waals surface area contributed by atoms with Gasteiger partial charge in [-0.05, 0) is 17.5 Å². The molecule has 0 nitrogen and oxygen atoms in total. The molecule has 0 heterocycles. The number of hydrogen-bond donors (Lipinski definition) is 0. The Morgan fingerprint density at radius 1 is 1.36 bits per heavy atom. The summed E-state index contributed by atoms with van der Waals surface area (Å²) in [6.45, 7) is 3.74. The molecule has 0 aliphatic heterocycles. The normalized spacial score (nSPS) is 12.5. The van der Waals surface area contributed by atoms with Crippen LogP contribution in [0.5, 0.6) is 0 Å². The van der Waals surface area contributed by atoms with Gasteiger partial charge in [0.2, 0.25) is 0 Å². The van der Waals surface area contributed by atoms with E-state index in [2.05, 4.69) is 41.1 Å². The molecular weight excluding hydrogens is 148 g/mol. The third-order valence-electron chi connectivity index (χ3n) is 1.62. The summed E-state index contributed by atoms with van der Waals surface area (Å²) in [4.78, 5) is 0. The van der Waals surface area contributed by atoms with Gasteiger partial charge in [-0.2, -0.15) is 0 Å². The second kappa shape index (κ2) is 4.14. The highest BCUT2D eigenvalue weighted by atomic mass is 28.1. The SMILES string of the molecule is C=CC([SiH])Cc1ccccc1. The summed E-state index contributed by atoms with van der Waals surface area (Å²) in [6, 6.07) is 10.4. The van der Waals surface area contributed by atoms with Gasteiger partial charge >= 0.3 is 0 Å². The predicted molar refractivity (Wildman–Crippen MR) is 51.2 cm³/mol. The Hall–Kier alpha value is -0.823.